The lowest BCUT2D eigenvalue weighted by molar-refractivity contribution is -0.130. The molecule has 0 fully saturated rings. The number of alkyl halides is 5. The molecule has 0 aromatic carbocycles. The van der Waals surface area contributed by atoms with Gasteiger partial charge in [0.25, 0.3) is 0 Å². The minimum Gasteiger partial charge on any atom is -0.204 e. The number of halogens is 7. The van der Waals surface area contributed by atoms with Crippen LogP contribution in [0, 0.1) is 0 Å². The third-order valence-corrected chi connectivity index (χ3v) is 4.50. The summed E-state index contributed by atoms with van der Waals surface area (Å²) in [6.45, 7) is 0. The maximum atomic E-state index is 12.9. The highest BCUT2D eigenvalue weighted by molar-refractivity contribution is 9.12. The Morgan fingerprint density at radius 2 is 1.87 bits per heavy atom. The van der Waals surface area contributed by atoms with Gasteiger partial charge in [0.2, 0.25) is 0 Å². The number of rotatable bonds is 3. The lowest BCUT2D eigenvalue weighted by atomic mass is 10.1. The van der Waals surface area contributed by atoms with E-state index in [4.69, 9.17) is 11.6 Å². The molecule has 0 radical (unpaired) electrons. The fourth-order valence-corrected chi connectivity index (χ4v) is 4.21. The summed E-state index contributed by atoms with van der Waals surface area (Å²) in [6.07, 6.45) is -3.79. The van der Waals surface area contributed by atoms with Gasteiger partial charge in [0.1, 0.15) is 5.38 Å². The zero-order valence-corrected chi connectivity index (χ0v) is 11.5. The highest BCUT2D eigenvalue weighted by atomic mass is 79.9. The van der Waals surface area contributed by atoms with E-state index in [0.29, 0.717) is 7.57 Å². The van der Waals surface area contributed by atoms with Crippen LogP contribution < -0.4 is 0 Å². The van der Waals surface area contributed by atoms with Gasteiger partial charge in [0.05, 0.1) is 7.57 Å². The normalized spacial score (nSPS) is 14.7. The predicted octanol–water partition coefficient (Wildman–Crippen LogP) is 5.45. The van der Waals surface area contributed by atoms with Crippen LogP contribution in [0.3, 0.4) is 0 Å². The van der Waals surface area contributed by atoms with E-state index in [1.807, 2.05) is 0 Å². The number of hydrogen-bond acceptors (Lipinski definition) is 1. The zero-order chi connectivity index (χ0) is 11.8. The monoisotopic (exact) mass is 388 g/mol. The topological polar surface area (TPSA) is 0 Å². The van der Waals surface area contributed by atoms with Gasteiger partial charge in [-0.15, -0.1) is 22.9 Å². The molecule has 0 spiro atoms. The average Bonchev–Trinajstić information content (AvgIpc) is 2.43. The van der Waals surface area contributed by atoms with Crippen LogP contribution in [0.25, 0.3) is 0 Å². The van der Waals surface area contributed by atoms with Gasteiger partial charge in [-0.2, -0.15) is 8.78 Å². The van der Waals surface area contributed by atoms with Crippen molar-refractivity contribution in [2.24, 2.45) is 0 Å². The van der Waals surface area contributed by atoms with Crippen molar-refractivity contribution in [1.29, 1.82) is 0 Å². The molecule has 0 N–H and O–H groups in total. The van der Waals surface area contributed by atoms with E-state index in [1.54, 1.807) is 0 Å². The molecule has 0 amide bonds. The summed E-state index contributed by atoms with van der Waals surface area (Å²) < 4.78 is 50.7. The molecule has 1 aromatic heterocycles. The lowest BCUT2D eigenvalue weighted by Crippen LogP contribution is -2.31. The molecule has 1 rings (SSSR count). The Balaban J connectivity index is 3.04. The van der Waals surface area contributed by atoms with E-state index in [-0.39, 0.29) is 5.56 Å². The van der Waals surface area contributed by atoms with Crippen LogP contribution in [0.5, 0.6) is 0 Å². The van der Waals surface area contributed by atoms with Crippen LogP contribution in [-0.4, -0.2) is 12.3 Å². The fraction of sp³-hybridized carbons (Fsp3) is 0.429. The second-order valence-electron chi connectivity index (χ2n) is 2.62. The molecule has 1 atom stereocenters. The minimum absolute atomic E-state index is 0.0427. The van der Waals surface area contributed by atoms with Crippen molar-refractivity contribution in [3.05, 3.63) is 19.2 Å². The minimum atomic E-state index is -4.25. The van der Waals surface area contributed by atoms with Crippen LogP contribution in [0.4, 0.5) is 17.6 Å². The highest BCUT2D eigenvalue weighted by Crippen LogP contribution is 2.46. The average molecular weight is 390 g/mol. The molecule has 1 heterocycles. The standard InChI is InChI=1S/C7H3Br2ClF4S/c8-3-1-2(5(9)15-3)4(10)7(13,14)6(11)12/h1,4,6H. The summed E-state index contributed by atoms with van der Waals surface area (Å²) in [5.41, 5.74) is -0.0427. The highest BCUT2D eigenvalue weighted by Gasteiger charge is 2.49. The first-order valence-electron chi connectivity index (χ1n) is 3.51. The first-order chi connectivity index (χ1) is 6.76. The number of thiophene rings is 1. The van der Waals surface area contributed by atoms with Crippen molar-refractivity contribution in [2.75, 3.05) is 0 Å². The zero-order valence-electron chi connectivity index (χ0n) is 6.79. The summed E-state index contributed by atoms with van der Waals surface area (Å²) in [5.74, 6) is -4.25. The molecule has 1 aromatic rings. The molecular weight excluding hydrogens is 387 g/mol. The van der Waals surface area contributed by atoms with Gasteiger partial charge in [-0.1, -0.05) is 0 Å². The summed E-state index contributed by atoms with van der Waals surface area (Å²) in [5, 5.41) is -2.05. The Kier molecular flexibility index (Phi) is 4.48. The molecule has 0 aliphatic rings. The van der Waals surface area contributed by atoms with Crippen molar-refractivity contribution >= 4 is 54.8 Å². The fourth-order valence-electron chi connectivity index (χ4n) is 0.844. The first-order valence-corrected chi connectivity index (χ1v) is 6.35. The van der Waals surface area contributed by atoms with Gasteiger partial charge in [-0.05, 0) is 37.9 Å². The maximum Gasteiger partial charge on any atom is 0.327 e. The van der Waals surface area contributed by atoms with Crippen molar-refractivity contribution in [1.82, 2.24) is 0 Å². The summed E-state index contributed by atoms with van der Waals surface area (Å²) >= 11 is 12.5. The van der Waals surface area contributed by atoms with E-state index < -0.39 is 17.7 Å². The molecule has 0 aliphatic heterocycles. The van der Waals surface area contributed by atoms with E-state index in [9.17, 15) is 17.6 Å². The van der Waals surface area contributed by atoms with Crippen LogP contribution in [0.15, 0.2) is 13.6 Å². The van der Waals surface area contributed by atoms with Crippen molar-refractivity contribution < 1.29 is 17.6 Å². The largest absolute Gasteiger partial charge is 0.327 e. The lowest BCUT2D eigenvalue weighted by Gasteiger charge is -2.20. The Morgan fingerprint density at radius 3 is 2.20 bits per heavy atom. The molecule has 15 heavy (non-hydrogen) atoms. The summed E-state index contributed by atoms with van der Waals surface area (Å²) in [7, 11) is 0. The van der Waals surface area contributed by atoms with Crippen molar-refractivity contribution in [3.63, 3.8) is 0 Å². The molecule has 0 nitrogen and oxygen atoms in total. The smallest absolute Gasteiger partial charge is 0.204 e. The SMILES string of the molecule is FC(F)C(F)(F)C(Cl)c1cc(Br)sc1Br. The maximum absolute atomic E-state index is 12.9. The predicted molar refractivity (Wildman–Crippen MR) is 59.3 cm³/mol. The van der Waals surface area contributed by atoms with E-state index in [0.717, 1.165) is 11.3 Å². The summed E-state index contributed by atoms with van der Waals surface area (Å²) in [4.78, 5) is 0. The molecule has 0 saturated carbocycles. The first kappa shape index (κ1) is 13.7. The Hall–Kier alpha value is 0.670. The molecule has 0 bridgehead atoms. The Labute approximate surface area is 109 Å². The van der Waals surface area contributed by atoms with E-state index >= 15 is 0 Å². The number of hydrogen-bond donors (Lipinski definition) is 0. The quantitative estimate of drug-likeness (QED) is 0.475. The van der Waals surface area contributed by atoms with Crippen LogP contribution >= 0.6 is 54.8 Å². The molecule has 8 heteroatoms. The Morgan fingerprint density at radius 1 is 1.33 bits per heavy atom. The second-order valence-corrected chi connectivity index (χ2v) is 6.80. The van der Waals surface area contributed by atoms with Gasteiger partial charge in [-0.3, -0.25) is 0 Å². The van der Waals surface area contributed by atoms with Gasteiger partial charge < -0.3 is 0 Å². The molecule has 1 unspecified atom stereocenters. The second kappa shape index (κ2) is 4.89. The Bertz CT molecular complexity index is 355. The molecule has 0 saturated heterocycles. The van der Waals surface area contributed by atoms with Gasteiger partial charge in [0.15, 0.2) is 0 Å². The van der Waals surface area contributed by atoms with Gasteiger partial charge >= 0.3 is 12.3 Å². The van der Waals surface area contributed by atoms with Crippen LogP contribution in [0.2, 0.25) is 0 Å². The third kappa shape index (κ3) is 2.87. The van der Waals surface area contributed by atoms with E-state index in [1.165, 1.54) is 6.07 Å². The third-order valence-electron chi connectivity index (χ3n) is 1.58. The van der Waals surface area contributed by atoms with Gasteiger partial charge in [-0.25, -0.2) is 8.78 Å². The van der Waals surface area contributed by atoms with Crippen molar-refractivity contribution in [2.45, 2.75) is 17.7 Å². The molecular formula is C7H3Br2ClF4S. The van der Waals surface area contributed by atoms with Crippen molar-refractivity contribution in [3.8, 4) is 0 Å². The molecule has 86 valence electrons. The molecule has 0 aliphatic carbocycles. The summed E-state index contributed by atoms with van der Waals surface area (Å²) in [6, 6.07) is 1.29. The van der Waals surface area contributed by atoms with Crippen LogP contribution in [-0.2, 0) is 0 Å². The van der Waals surface area contributed by atoms with Crippen LogP contribution in [0.1, 0.15) is 10.9 Å². The van der Waals surface area contributed by atoms with Gasteiger partial charge in [0, 0.05) is 5.56 Å². The van der Waals surface area contributed by atoms with E-state index in [2.05, 4.69) is 31.9 Å².